The summed E-state index contributed by atoms with van der Waals surface area (Å²) in [6.45, 7) is 2.60. The van der Waals surface area contributed by atoms with Crippen LogP contribution in [0, 0.1) is 0 Å². The number of carbonyl (C=O) groups is 2. The molecule has 5 heteroatoms. The van der Waals surface area contributed by atoms with Crippen LogP contribution in [0.15, 0.2) is 47.5 Å². The Morgan fingerprint density at radius 1 is 1.10 bits per heavy atom. The molecule has 5 nitrogen and oxygen atoms in total. The number of carbonyl (C=O) groups excluding carboxylic acids is 2. The van der Waals surface area contributed by atoms with Crippen molar-refractivity contribution in [2.75, 3.05) is 7.05 Å². The molecule has 1 N–H and O–H groups in total. The van der Waals surface area contributed by atoms with E-state index >= 15 is 0 Å². The van der Waals surface area contributed by atoms with Crippen LogP contribution in [0.2, 0.25) is 0 Å². The second kappa shape index (κ2) is 8.19. The van der Waals surface area contributed by atoms with Crippen LogP contribution in [0.25, 0.3) is 11.1 Å². The second-order valence-corrected chi connectivity index (χ2v) is 7.96. The van der Waals surface area contributed by atoms with Gasteiger partial charge in [-0.05, 0) is 59.7 Å². The highest BCUT2D eigenvalue weighted by molar-refractivity contribution is 5.95. The van der Waals surface area contributed by atoms with Crippen LogP contribution in [0.5, 0.6) is 0 Å². The van der Waals surface area contributed by atoms with Crippen molar-refractivity contribution >= 4 is 18.0 Å². The van der Waals surface area contributed by atoms with E-state index in [0.717, 1.165) is 36.9 Å². The minimum atomic E-state index is 0.0337. The molecule has 0 unspecified atom stereocenters. The lowest BCUT2D eigenvalue weighted by Crippen LogP contribution is -2.38. The molecular weight excluding hydrogens is 362 g/mol. The van der Waals surface area contributed by atoms with Gasteiger partial charge in [-0.15, -0.1) is 0 Å². The van der Waals surface area contributed by atoms with Crippen molar-refractivity contribution in [1.82, 2.24) is 10.2 Å². The highest BCUT2D eigenvalue weighted by atomic mass is 16.2. The van der Waals surface area contributed by atoms with Gasteiger partial charge in [0.2, 0.25) is 5.91 Å². The first-order valence-corrected chi connectivity index (χ1v) is 10.3. The molecule has 2 aliphatic rings. The average Bonchev–Trinajstić information content (AvgIpc) is 3.41. The summed E-state index contributed by atoms with van der Waals surface area (Å²) >= 11 is 0. The SMILES string of the molecule is CCC(=O)N[C@H]1CC[C@@H](N(C)C(=O)c2ccc(-c3ccc4c(c3)CN=C4)cc2)C1. The molecule has 1 heterocycles. The smallest absolute Gasteiger partial charge is 0.253 e. The normalized spacial score (nSPS) is 19.8. The summed E-state index contributed by atoms with van der Waals surface area (Å²) < 4.78 is 0. The Hall–Kier alpha value is -2.95. The van der Waals surface area contributed by atoms with E-state index in [-0.39, 0.29) is 23.9 Å². The Labute approximate surface area is 171 Å². The van der Waals surface area contributed by atoms with Gasteiger partial charge in [-0.1, -0.05) is 31.2 Å². The maximum atomic E-state index is 12.9. The summed E-state index contributed by atoms with van der Waals surface area (Å²) in [7, 11) is 1.87. The van der Waals surface area contributed by atoms with Gasteiger partial charge in [0.15, 0.2) is 0 Å². The predicted octanol–water partition coefficient (Wildman–Crippen LogP) is 3.81. The molecule has 0 bridgehead atoms. The first kappa shape index (κ1) is 19.4. The molecule has 1 aliphatic carbocycles. The molecule has 150 valence electrons. The number of hydrogen-bond acceptors (Lipinski definition) is 3. The van der Waals surface area contributed by atoms with E-state index in [1.807, 2.05) is 49.4 Å². The summed E-state index contributed by atoms with van der Waals surface area (Å²) in [5, 5.41) is 3.05. The molecule has 1 fully saturated rings. The fourth-order valence-electron chi connectivity index (χ4n) is 4.24. The zero-order chi connectivity index (χ0) is 20.4. The second-order valence-electron chi connectivity index (χ2n) is 7.96. The Balaban J connectivity index is 1.41. The standard InChI is InChI=1S/C24H27N3O2/c1-3-23(28)26-21-10-11-22(13-21)27(2)24(29)17-6-4-16(5-7-17)18-8-9-19-14-25-15-20(19)12-18/h4-9,12,14,21-22H,3,10-11,13,15H2,1-2H3,(H,26,28)/t21-,22+/m0/s1. The molecule has 2 atom stereocenters. The minimum absolute atomic E-state index is 0.0337. The third kappa shape index (κ3) is 4.09. The van der Waals surface area contributed by atoms with Crippen molar-refractivity contribution < 1.29 is 9.59 Å². The van der Waals surface area contributed by atoms with Crippen molar-refractivity contribution in [2.24, 2.45) is 4.99 Å². The summed E-state index contributed by atoms with van der Waals surface area (Å²) in [5.74, 6) is 0.115. The Morgan fingerprint density at radius 3 is 2.62 bits per heavy atom. The lowest BCUT2D eigenvalue weighted by atomic mass is 9.99. The van der Waals surface area contributed by atoms with Crippen molar-refractivity contribution in [3.8, 4) is 11.1 Å². The van der Waals surface area contributed by atoms with Gasteiger partial charge < -0.3 is 10.2 Å². The molecule has 0 saturated heterocycles. The lowest BCUT2D eigenvalue weighted by Gasteiger charge is -2.25. The highest BCUT2D eigenvalue weighted by Crippen LogP contribution is 2.27. The molecule has 0 radical (unpaired) electrons. The molecule has 4 rings (SSSR count). The average molecular weight is 389 g/mol. The molecule has 1 aliphatic heterocycles. The van der Waals surface area contributed by atoms with E-state index in [4.69, 9.17) is 0 Å². The molecule has 1 saturated carbocycles. The number of nitrogens with zero attached hydrogens (tertiary/aromatic N) is 2. The molecular formula is C24H27N3O2. The lowest BCUT2D eigenvalue weighted by molar-refractivity contribution is -0.121. The molecule has 2 aromatic carbocycles. The molecule has 0 spiro atoms. The number of amides is 2. The molecule has 2 amide bonds. The van der Waals surface area contributed by atoms with E-state index in [0.29, 0.717) is 12.0 Å². The van der Waals surface area contributed by atoms with Crippen LogP contribution < -0.4 is 5.32 Å². The van der Waals surface area contributed by atoms with E-state index in [9.17, 15) is 9.59 Å². The van der Waals surface area contributed by atoms with E-state index in [1.165, 1.54) is 11.1 Å². The van der Waals surface area contributed by atoms with Gasteiger partial charge in [-0.2, -0.15) is 0 Å². The van der Waals surface area contributed by atoms with Crippen molar-refractivity contribution in [2.45, 2.75) is 51.2 Å². The summed E-state index contributed by atoms with van der Waals surface area (Å²) in [4.78, 5) is 30.7. The van der Waals surface area contributed by atoms with Crippen LogP contribution in [0.4, 0.5) is 0 Å². The number of hydrogen-bond donors (Lipinski definition) is 1. The largest absolute Gasteiger partial charge is 0.353 e. The van der Waals surface area contributed by atoms with Gasteiger partial charge in [0.25, 0.3) is 5.91 Å². The maximum Gasteiger partial charge on any atom is 0.253 e. The number of nitrogens with one attached hydrogen (secondary N) is 1. The summed E-state index contributed by atoms with van der Waals surface area (Å²) in [6.07, 6.45) is 5.09. The van der Waals surface area contributed by atoms with Gasteiger partial charge >= 0.3 is 0 Å². The number of aliphatic imine (C=N–C) groups is 1. The van der Waals surface area contributed by atoms with Gasteiger partial charge in [-0.25, -0.2) is 0 Å². The minimum Gasteiger partial charge on any atom is -0.353 e. The van der Waals surface area contributed by atoms with Crippen molar-refractivity contribution in [3.63, 3.8) is 0 Å². The Morgan fingerprint density at radius 2 is 1.86 bits per heavy atom. The molecule has 0 aromatic heterocycles. The van der Waals surface area contributed by atoms with E-state index in [1.54, 1.807) is 0 Å². The quantitative estimate of drug-likeness (QED) is 0.845. The van der Waals surface area contributed by atoms with E-state index in [2.05, 4.69) is 28.5 Å². The van der Waals surface area contributed by atoms with Gasteiger partial charge in [0.1, 0.15) is 0 Å². The van der Waals surface area contributed by atoms with Crippen LogP contribution in [-0.4, -0.2) is 42.1 Å². The van der Waals surface area contributed by atoms with Gasteiger partial charge in [0, 0.05) is 37.3 Å². The Kier molecular flexibility index (Phi) is 5.47. The number of rotatable bonds is 5. The fourth-order valence-corrected chi connectivity index (χ4v) is 4.24. The maximum absolute atomic E-state index is 12.9. The summed E-state index contributed by atoms with van der Waals surface area (Å²) in [5.41, 5.74) is 5.37. The number of benzene rings is 2. The number of fused-ring (bicyclic) bond motifs is 1. The molecule has 2 aromatic rings. The van der Waals surface area contributed by atoms with Crippen LogP contribution in [0.3, 0.4) is 0 Å². The predicted molar refractivity (Wildman–Crippen MR) is 115 cm³/mol. The third-order valence-corrected chi connectivity index (χ3v) is 6.06. The highest BCUT2D eigenvalue weighted by Gasteiger charge is 2.30. The Bertz CT molecular complexity index is 949. The first-order chi connectivity index (χ1) is 14.0. The fraction of sp³-hybridized carbons (Fsp3) is 0.375. The summed E-state index contributed by atoms with van der Waals surface area (Å²) in [6, 6.07) is 14.6. The van der Waals surface area contributed by atoms with Crippen molar-refractivity contribution in [1.29, 1.82) is 0 Å². The van der Waals surface area contributed by atoms with Crippen LogP contribution >= 0.6 is 0 Å². The van der Waals surface area contributed by atoms with Gasteiger partial charge in [0.05, 0.1) is 6.54 Å². The molecule has 29 heavy (non-hydrogen) atoms. The van der Waals surface area contributed by atoms with Crippen LogP contribution in [-0.2, 0) is 11.3 Å². The van der Waals surface area contributed by atoms with E-state index < -0.39 is 0 Å². The topological polar surface area (TPSA) is 61.8 Å². The van der Waals surface area contributed by atoms with Crippen LogP contribution in [0.1, 0.15) is 54.1 Å². The monoisotopic (exact) mass is 389 g/mol. The van der Waals surface area contributed by atoms with Gasteiger partial charge in [-0.3, -0.25) is 14.6 Å². The first-order valence-electron chi connectivity index (χ1n) is 10.3. The zero-order valence-electron chi connectivity index (χ0n) is 17.0. The third-order valence-electron chi connectivity index (χ3n) is 6.06. The zero-order valence-corrected chi connectivity index (χ0v) is 17.0. The van der Waals surface area contributed by atoms with Crippen molar-refractivity contribution in [3.05, 3.63) is 59.2 Å².